The quantitative estimate of drug-likeness (QED) is 0.694. The Morgan fingerprint density at radius 2 is 1.35 bits per heavy atom. The monoisotopic (exact) mass is 234 g/mol. The van der Waals surface area contributed by atoms with Crippen molar-refractivity contribution in [2.75, 3.05) is 0 Å². The molecule has 2 aromatic carbocycles. The molecular formula is C14H9F3. The van der Waals surface area contributed by atoms with Crippen molar-refractivity contribution in [2.24, 2.45) is 0 Å². The van der Waals surface area contributed by atoms with Gasteiger partial charge in [-0.3, -0.25) is 0 Å². The third-order valence-electron chi connectivity index (χ3n) is 2.39. The number of hydrogen-bond donors (Lipinski definition) is 0. The number of hydrogen-bond acceptors (Lipinski definition) is 0. The first-order chi connectivity index (χ1) is 8.18. The number of halogens is 3. The molecule has 0 atom stereocenters. The summed E-state index contributed by atoms with van der Waals surface area (Å²) in [4.78, 5) is 0. The van der Waals surface area contributed by atoms with Crippen LogP contribution in [-0.2, 0) is 0 Å². The normalized spacial score (nSPS) is 10.1. The molecule has 0 aromatic heterocycles. The summed E-state index contributed by atoms with van der Waals surface area (Å²) in [6, 6.07) is 15.2. The van der Waals surface area contributed by atoms with E-state index in [1.54, 1.807) is 12.1 Å². The average Bonchev–Trinajstić information content (AvgIpc) is 2.39. The first-order valence-corrected chi connectivity index (χ1v) is 5.05. The van der Waals surface area contributed by atoms with Crippen LogP contribution < -0.4 is 0 Å². The molecule has 0 nitrogen and oxygen atoms in total. The molecule has 0 unspecified atom stereocenters. The van der Waals surface area contributed by atoms with E-state index in [9.17, 15) is 13.2 Å². The van der Waals surface area contributed by atoms with Crippen LogP contribution in [0, 0.1) is 0 Å². The van der Waals surface area contributed by atoms with E-state index in [1.807, 2.05) is 30.3 Å². The van der Waals surface area contributed by atoms with Gasteiger partial charge in [-0.15, -0.1) is 0 Å². The first-order valence-electron chi connectivity index (χ1n) is 5.05. The summed E-state index contributed by atoms with van der Waals surface area (Å²) in [5, 5.41) is 0. The van der Waals surface area contributed by atoms with Crippen LogP contribution >= 0.6 is 0 Å². The van der Waals surface area contributed by atoms with Gasteiger partial charge in [-0.2, -0.15) is 8.78 Å². The molecule has 2 rings (SSSR count). The summed E-state index contributed by atoms with van der Waals surface area (Å²) in [7, 11) is 0. The van der Waals surface area contributed by atoms with Crippen LogP contribution in [0.4, 0.5) is 13.2 Å². The van der Waals surface area contributed by atoms with Crippen molar-refractivity contribution in [1.82, 2.24) is 0 Å². The van der Waals surface area contributed by atoms with Crippen LogP contribution in [-0.4, -0.2) is 0 Å². The molecule has 0 saturated carbocycles. The number of rotatable bonds is 2. The van der Waals surface area contributed by atoms with E-state index in [0.717, 1.165) is 5.56 Å². The molecule has 0 fully saturated rings. The van der Waals surface area contributed by atoms with Crippen LogP contribution in [0.2, 0.25) is 0 Å². The maximum Gasteiger partial charge on any atom is 0.306 e. The Kier molecular flexibility index (Phi) is 3.28. The molecule has 0 spiro atoms. The molecule has 0 aliphatic rings. The predicted molar refractivity (Wildman–Crippen MR) is 62.1 cm³/mol. The Balaban J connectivity index is 2.46. The van der Waals surface area contributed by atoms with E-state index >= 15 is 0 Å². The van der Waals surface area contributed by atoms with Crippen molar-refractivity contribution in [3.8, 4) is 11.1 Å². The van der Waals surface area contributed by atoms with Crippen molar-refractivity contribution in [3.05, 3.63) is 66.2 Å². The average molecular weight is 234 g/mol. The molecule has 2 aromatic rings. The maximum atomic E-state index is 13.1. The van der Waals surface area contributed by atoms with Crippen LogP contribution in [0.1, 0.15) is 5.56 Å². The van der Waals surface area contributed by atoms with Gasteiger partial charge in [-0.05, 0) is 17.2 Å². The Morgan fingerprint density at radius 1 is 0.706 bits per heavy atom. The van der Waals surface area contributed by atoms with E-state index in [1.165, 1.54) is 12.1 Å². The van der Waals surface area contributed by atoms with Gasteiger partial charge in [0.1, 0.15) is 0 Å². The van der Waals surface area contributed by atoms with Crippen molar-refractivity contribution >= 4 is 5.83 Å². The highest BCUT2D eigenvalue weighted by Gasteiger charge is 2.09. The molecule has 0 aliphatic heterocycles. The Hall–Kier alpha value is -2.03. The van der Waals surface area contributed by atoms with E-state index in [0.29, 0.717) is 5.56 Å². The fourth-order valence-electron chi connectivity index (χ4n) is 1.57. The van der Waals surface area contributed by atoms with E-state index in [4.69, 9.17) is 0 Å². The zero-order valence-electron chi connectivity index (χ0n) is 8.83. The van der Waals surface area contributed by atoms with Gasteiger partial charge in [0.25, 0.3) is 0 Å². The standard InChI is InChI=1S/C14H9F3/c15-13(14(16)17)12-8-4-7-11(9-12)10-5-2-1-3-6-10/h1-9H. The summed E-state index contributed by atoms with van der Waals surface area (Å²) in [5.74, 6) is -1.47. The smallest absolute Gasteiger partial charge is 0.200 e. The van der Waals surface area contributed by atoms with Crippen molar-refractivity contribution in [2.45, 2.75) is 0 Å². The largest absolute Gasteiger partial charge is 0.306 e. The summed E-state index contributed by atoms with van der Waals surface area (Å²) < 4.78 is 37.4. The van der Waals surface area contributed by atoms with E-state index in [2.05, 4.69) is 0 Å². The molecule has 0 saturated heterocycles. The highest BCUT2D eigenvalue weighted by atomic mass is 19.3. The highest BCUT2D eigenvalue weighted by Crippen LogP contribution is 2.26. The van der Waals surface area contributed by atoms with Gasteiger partial charge < -0.3 is 0 Å². The second-order valence-corrected chi connectivity index (χ2v) is 3.52. The van der Waals surface area contributed by atoms with Gasteiger partial charge in [-0.25, -0.2) is 4.39 Å². The fourth-order valence-corrected chi connectivity index (χ4v) is 1.57. The predicted octanol–water partition coefficient (Wildman–Crippen LogP) is 4.89. The van der Waals surface area contributed by atoms with Crippen LogP contribution in [0.25, 0.3) is 17.0 Å². The van der Waals surface area contributed by atoms with Crippen molar-refractivity contribution in [1.29, 1.82) is 0 Å². The lowest BCUT2D eigenvalue weighted by Gasteiger charge is -2.03. The molecule has 0 amide bonds. The van der Waals surface area contributed by atoms with Crippen molar-refractivity contribution < 1.29 is 13.2 Å². The molecule has 86 valence electrons. The molecule has 0 heterocycles. The van der Waals surface area contributed by atoms with Crippen LogP contribution in [0.15, 0.2) is 60.7 Å². The third kappa shape index (κ3) is 2.56. The van der Waals surface area contributed by atoms with Gasteiger partial charge in [-0.1, -0.05) is 48.5 Å². The van der Waals surface area contributed by atoms with Gasteiger partial charge in [0.15, 0.2) is 5.83 Å². The highest BCUT2D eigenvalue weighted by molar-refractivity contribution is 5.70. The minimum atomic E-state index is -2.30. The lowest BCUT2D eigenvalue weighted by atomic mass is 10.0. The Morgan fingerprint density at radius 3 is 2.00 bits per heavy atom. The van der Waals surface area contributed by atoms with Gasteiger partial charge >= 0.3 is 6.08 Å². The lowest BCUT2D eigenvalue weighted by molar-refractivity contribution is 0.410. The van der Waals surface area contributed by atoms with E-state index < -0.39 is 11.9 Å². The van der Waals surface area contributed by atoms with E-state index in [-0.39, 0.29) is 5.56 Å². The van der Waals surface area contributed by atoms with Gasteiger partial charge in [0.2, 0.25) is 0 Å². The third-order valence-corrected chi connectivity index (χ3v) is 2.39. The summed E-state index contributed by atoms with van der Waals surface area (Å²) in [5.41, 5.74) is 1.47. The van der Waals surface area contributed by atoms with Gasteiger partial charge in [0.05, 0.1) is 0 Å². The summed E-state index contributed by atoms with van der Waals surface area (Å²) in [6.45, 7) is 0. The minimum absolute atomic E-state index is 0.105. The second kappa shape index (κ2) is 4.87. The Bertz CT molecular complexity index is 540. The molecule has 0 aliphatic carbocycles. The fraction of sp³-hybridized carbons (Fsp3) is 0. The molecule has 0 radical (unpaired) electrons. The molecule has 0 N–H and O–H groups in total. The minimum Gasteiger partial charge on any atom is -0.200 e. The molecular weight excluding hydrogens is 225 g/mol. The summed E-state index contributed by atoms with van der Waals surface area (Å²) in [6.07, 6.45) is -2.30. The number of benzene rings is 2. The second-order valence-electron chi connectivity index (χ2n) is 3.52. The van der Waals surface area contributed by atoms with Crippen molar-refractivity contribution in [3.63, 3.8) is 0 Å². The maximum absolute atomic E-state index is 13.1. The topological polar surface area (TPSA) is 0 Å². The van der Waals surface area contributed by atoms with Crippen LogP contribution in [0.5, 0.6) is 0 Å². The zero-order chi connectivity index (χ0) is 12.3. The lowest BCUT2D eigenvalue weighted by Crippen LogP contribution is -1.82. The molecule has 17 heavy (non-hydrogen) atoms. The molecule has 3 heteroatoms. The Labute approximate surface area is 97.0 Å². The zero-order valence-corrected chi connectivity index (χ0v) is 8.83. The first kappa shape index (κ1) is 11.5. The van der Waals surface area contributed by atoms with Gasteiger partial charge in [0, 0.05) is 5.56 Å². The summed E-state index contributed by atoms with van der Waals surface area (Å²) >= 11 is 0. The SMILES string of the molecule is FC(F)=C(F)c1cccc(-c2ccccc2)c1. The van der Waals surface area contributed by atoms with Crippen LogP contribution in [0.3, 0.4) is 0 Å². The molecule has 0 bridgehead atoms.